The first-order valence-corrected chi connectivity index (χ1v) is 21.8. The normalized spacial score (nSPS) is 11.3. The summed E-state index contributed by atoms with van der Waals surface area (Å²) in [6.07, 6.45) is 10.6. The van der Waals surface area contributed by atoms with E-state index in [9.17, 15) is 0 Å². The predicted molar refractivity (Wildman–Crippen MR) is 180 cm³/mol. The number of benzene rings is 2. The van der Waals surface area contributed by atoms with Crippen molar-refractivity contribution < 1.29 is 20.1 Å². The third-order valence-electron chi connectivity index (χ3n) is 7.14. The van der Waals surface area contributed by atoms with Gasteiger partial charge in [0.15, 0.2) is 0 Å². The van der Waals surface area contributed by atoms with Gasteiger partial charge in [-0.25, -0.2) is 0 Å². The molecular formula is C36H48IrN2Si2-2. The van der Waals surface area contributed by atoms with E-state index in [0.717, 1.165) is 22.5 Å². The standard InChI is InChI=1S/C22H32NSi.C14H16NSi.Ir/c1-7-8-9-10-11-19-15-21(23-16-22(19)24(4,5)6)20-13-17(2)12-18(3)14-20;1-16(2,3)13-9-10-14(15-11-13)12-7-5-4-6-8-12;/h12-13,15-16H,7-11H2,1-6H3;4-7,9-11H,1-3H3;/q2*-1;. The van der Waals surface area contributed by atoms with E-state index >= 15 is 0 Å². The second-order valence-corrected chi connectivity index (χ2v) is 23.1. The van der Waals surface area contributed by atoms with Gasteiger partial charge >= 0.3 is 0 Å². The van der Waals surface area contributed by atoms with Crippen molar-refractivity contribution in [1.82, 2.24) is 9.97 Å². The van der Waals surface area contributed by atoms with Gasteiger partial charge in [-0.1, -0.05) is 103 Å². The van der Waals surface area contributed by atoms with Crippen LogP contribution in [-0.2, 0) is 26.5 Å². The van der Waals surface area contributed by atoms with E-state index in [2.05, 4.69) is 114 Å². The van der Waals surface area contributed by atoms with Gasteiger partial charge in [0.05, 0.1) is 16.1 Å². The van der Waals surface area contributed by atoms with Gasteiger partial charge in [0.25, 0.3) is 0 Å². The maximum Gasteiger partial charge on any atom is 0.0798 e. The SMILES string of the molecule is CCCCCCc1cc(-c2[c-]c(C)cc(C)c2)ncc1[Si](C)(C)C.C[Si](C)(C)c1ccc(-c2[c-]cccc2)nc1.[Ir]. The van der Waals surface area contributed by atoms with Crippen molar-refractivity contribution in [3.63, 3.8) is 0 Å². The van der Waals surface area contributed by atoms with Crippen molar-refractivity contribution in [1.29, 1.82) is 0 Å². The average Bonchev–Trinajstić information content (AvgIpc) is 2.90. The van der Waals surface area contributed by atoms with Crippen molar-refractivity contribution >= 4 is 26.5 Å². The molecule has 0 spiro atoms. The molecule has 41 heavy (non-hydrogen) atoms. The Balaban J connectivity index is 0.000000301. The Morgan fingerprint density at radius 2 is 1.46 bits per heavy atom. The van der Waals surface area contributed by atoms with Crippen molar-refractivity contribution in [3.8, 4) is 22.5 Å². The van der Waals surface area contributed by atoms with Crippen molar-refractivity contribution in [2.45, 2.75) is 92.2 Å². The van der Waals surface area contributed by atoms with E-state index in [1.54, 1.807) is 0 Å². The molecule has 4 aromatic rings. The van der Waals surface area contributed by atoms with Crippen LogP contribution in [0.4, 0.5) is 0 Å². The zero-order valence-corrected chi connectivity index (χ0v) is 31.0. The second kappa shape index (κ2) is 15.9. The summed E-state index contributed by atoms with van der Waals surface area (Å²) in [5, 5.41) is 2.92. The third kappa shape index (κ3) is 10.9. The van der Waals surface area contributed by atoms with Gasteiger partial charge in [0.1, 0.15) is 0 Å². The maximum absolute atomic E-state index is 4.81. The van der Waals surface area contributed by atoms with Gasteiger partial charge in [-0.05, 0) is 34.6 Å². The zero-order chi connectivity index (χ0) is 29.3. The fraction of sp³-hybridized carbons (Fsp3) is 0.389. The summed E-state index contributed by atoms with van der Waals surface area (Å²) < 4.78 is 0. The molecular weight excluding hydrogens is 709 g/mol. The van der Waals surface area contributed by atoms with Crippen LogP contribution >= 0.6 is 0 Å². The maximum atomic E-state index is 4.81. The fourth-order valence-electron chi connectivity index (χ4n) is 4.85. The molecule has 2 aromatic carbocycles. The number of pyridine rings is 2. The Morgan fingerprint density at radius 1 is 0.732 bits per heavy atom. The summed E-state index contributed by atoms with van der Waals surface area (Å²) >= 11 is 0. The second-order valence-electron chi connectivity index (χ2n) is 13.0. The molecule has 0 unspecified atom stereocenters. The molecule has 0 fully saturated rings. The summed E-state index contributed by atoms with van der Waals surface area (Å²) in [5.74, 6) is 0. The van der Waals surface area contributed by atoms with Crippen LogP contribution < -0.4 is 10.4 Å². The van der Waals surface area contributed by atoms with Gasteiger partial charge < -0.3 is 9.97 Å². The van der Waals surface area contributed by atoms with Crippen LogP contribution in [0.3, 0.4) is 0 Å². The summed E-state index contributed by atoms with van der Waals surface area (Å²) in [6, 6.07) is 25.6. The molecule has 0 amide bonds. The van der Waals surface area contributed by atoms with Crippen molar-refractivity contribution in [2.24, 2.45) is 0 Å². The van der Waals surface area contributed by atoms with Gasteiger partial charge in [0.2, 0.25) is 0 Å². The van der Waals surface area contributed by atoms with E-state index in [0.29, 0.717) is 0 Å². The number of rotatable bonds is 9. The minimum absolute atomic E-state index is 0. The number of aryl methyl sites for hydroxylation is 3. The molecule has 4 rings (SSSR count). The molecule has 0 bridgehead atoms. The van der Waals surface area contributed by atoms with Crippen LogP contribution in [0, 0.1) is 26.0 Å². The monoisotopic (exact) mass is 757 g/mol. The first kappa shape index (κ1) is 35.0. The number of aromatic nitrogens is 2. The molecule has 0 saturated heterocycles. The number of hydrogen-bond donors (Lipinski definition) is 0. The molecule has 2 nitrogen and oxygen atoms in total. The first-order valence-electron chi connectivity index (χ1n) is 14.8. The van der Waals surface area contributed by atoms with Crippen LogP contribution in [-0.4, -0.2) is 26.1 Å². The van der Waals surface area contributed by atoms with E-state index in [1.165, 1.54) is 59.2 Å². The molecule has 2 heterocycles. The summed E-state index contributed by atoms with van der Waals surface area (Å²) in [5.41, 5.74) is 8.25. The smallest absolute Gasteiger partial charge is 0.0798 e. The predicted octanol–water partition coefficient (Wildman–Crippen LogP) is 8.93. The topological polar surface area (TPSA) is 25.8 Å². The quantitative estimate of drug-likeness (QED) is 0.0969. The molecule has 0 N–H and O–H groups in total. The number of hydrogen-bond acceptors (Lipinski definition) is 2. The van der Waals surface area contributed by atoms with Crippen LogP contribution in [0.5, 0.6) is 0 Å². The zero-order valence-electron chi connectivity index (χ0n) is 26.6. The molecule has 1 radical (unpaired) electrons. The number of nitrogens with zero attached hydrogens (tertiary/aromatic N) is 2. The Hall–Kier alpha value is -2.18. The van der Waals surface area contributed by atoms with E-state index in [4.69, 9.17) is 4.98 Å². The van der Waals surface area contributed by atoms with Crippen molar-refractivity contribution in [3.05, 3.63) is 95.8 Å². The first-order chi connectivity index (χ1) is 18.9. The molecule has 0 atom stereocenters. The largest absolute Gasteiger partial charge is 0.305 e. The molecule has 2 aromatic heterocycles. The molecule has 0 saturated carbocycles. The fourth-order valence-corrected chi connectivity index (χ4v) is 7.50. The molecule has 0 aliphatic carbocycles. The van der Waals surface area contributed by atoms with Gasteiger partial charge in [-0.3, -0.25) is 0 Å². The van der Waals surface area contributed by atoms with Crippen LogP contribution in [0.2, 0.25) is 39.3 Å². The minimum Gasteiger partial charge on any atom is -0.305 e. The third-order valence-corrected chi connectivity index (χ3v) is 11.2. The van der Waals surface area contributed by atoms with Gasteiger partial charge in [-0.15, -0.1) is 70.8 Å². The van der Waals surface area contributed by atoms with Gasteiger partial charge in [0, 0.05) is 32.5 Å². The van der Waals surface area contributed by atoms with Gasteiger partial charge in [-0.2, -0.15) is 0 Å². The molecule has 221 valence electrons. The summed E-state index contributed by atoms with van der Waals surface area (Å²) in [6.45, 7) is 20.8. The summed E-state index contributed by atoms with van der Waals surface area (Å²) in [7, 11) is -2.59. The molecule has 5 heteroatoms. The van der Waals surface area contributed by atoms with E-state index in [1.807, 2.05) is 30.5 Å². The van der Waals surface area contributed by atoms with Crippen LogP contribution in [0.25, 0.3) is 22.5 Å². The number of unbranched alkanes of at least 4 members (excludes halogenated alkanes) is 3. The Labute approximate surface area is 265 Å². The Bertz CT molecular complexity index is 1340. The Kier molecular flexibility index (Phi) is 13.6. The van der Waals surface area contributed by atoms with Crippen molar-refractivity contribution in [2.75, 3.05) is 0 Å². The molecule has 0 aliphatic rings. The van der Waals surface area contributed by atoms with Crippen LogP contribution in [0.15, 0.2) is 67.0 Å². The van der Waals surface area contributed by atoms with E-state index in [-0.39, 0.29) is 20.1 Å². The molecule has 0 aliphatic heterocycles. The average molecular weight is 757 g/mol. The van der Waals surface area contributed by atoms with Crippen LogP contribution in [0.1, 0.15) is 49.3 Å². The minimum atomic E-state index is -1.36. The summed E-state index contributed by atoms with van der Waals surface area (Å²) in [4.78, 5) is 9.33. The van der Waals surface area contributed by atoms with E-state index < -0.39 is 16.1 Å². The Morgan fingerprint density at radius 3 is 2.02 bits per heavy atom.